The Morgan fingerprint density at radius 1 is 0.340 bits per heavy atom. The van der Waals surface area contributed by atoms with Gasteiger partial charge in [-0.3, -0.25) is 0 Å². The van der Waals surface area contributed by atoms with E-state index in [0.717, 1.165) is 0 Å². The molecule has 0 aromatic heterocycles. The van der Waals surface area contributed by atoms with Crippen LogP contribution in [0.15, 0.2) is 183 Å². The first-order valence-corrected chi connectivity index (χ1v) is 18.5. The summed E-state index contributed by atoms with van der Waals surface area (Å²) < 4.78 is 0. The highest BCUT2D eigenvalue weighted by molar-refractivity contribution is 6.25. The molecule has 10 aromatic carbocycles. The zero-order chi connectivity index (χ0) is 35.8. The van der Waals surface area contributed by atoms with E-state index in [9.17, 15) is 0 Å². The largest absolute Gasteiger partial charge is 0.106 e. The predicted octanol–water partition coefficient (Wildman–Crippen LogP) is 15.0. The summed E-state index contributed by atoms with van der Waals surface area (Å²) in [4.78, 5) is 0. The Hall–Kier alpha value is -6.50. The highest BCUT2D eigenvalue weighted by atomic mass is 14.4. The second-order valence-electron chi connectivity index (χ2n) is 14.8. The molecule has 0 saturated carbocycles. The van der Waals surface area contributed by atoms with E-state index in [1.165, 1.54) is 109 Å². The molecule has 250 valence electrons. The third-order valence-corrected chi connectivity index (χ3v) is 11.8. The quantitative estimate of drug-likeness (QED) is 0.0994. The molecule has 0 atom stereocenters. The average Bonchev–Trinajstić information content (AvgIpc) is 3.44. The fourth-order valence-electron chi connectivity index (χ4n) is 9.40. The third kappa shape index (κ3) is 4.49. The van der Waals surface area contributed by atoms with Crippen LogP contribution in [0.1, 0.15) is 25.0 Å². The first-order chi connectivity index (χ1) is 26.1. The summed E-state index contributed by atoms with van der Waals surface area (Å²) in [7, 11) is 0. The van der Waals surface area contributed by atoms with Crippen molar-refractivity contribution in [1.29, 1.82) is 0 Å². The van der Waals surface area contributed by atoms with Crippen molar-refractivity contribution in [2.24, 2.45) is 0 Å². The molecule has 0 saturated heterocycles. The van der Waals surface area contributed by atoms with E-state index in [1.54, 1.807) is 0 Å². The molecule has 0 bridgehead atoms. The number of hydrogen-bond donors (Lipinski definition) is 0. The van der Waals surface area contributed by atoms with Crippen molar-refractivity contribution in [1.82, 2.24) is 0 Å². The van der Waals surface area contributed by atoms with Gasteiger partial charge in [-0.15, -0.1) is 13.2 Å². The molecule has 0 nitrogen and oxygen atoms in total. The van der Waals surface area contributed by atoms with Gasteiger partial charge in [-0.2, -0.15) is 0 Å². The summed E-state index contributed by atoms with van der Waals surface area (Å²) in [5, 5.41) is 13.1. The Bertz CT molecular complexity index is 2980. The number of rotatable bonds is 3. The molecule has 0 aliphatic heterocycles. The van der Waals surface area contributed by atoms with Crippen molar-refractivity contribution in [3.8, 4) is 44.5 Å². The van der Waals surface area contributed by atoms with Crippen molar-refractivity contribution >= 4 is 53.9 Å². The van der Waals surface area contributed by atoms with Crippen LogP contribution in [0.2, 0.25) is 0 Å². The molecule has 53 heavy (non-hydrogen) atoms. The molecule has 0 heteroatoms. The lowest BCUT2D eigenvalue weighted by molar-refractivity contribution is 0.661. The Kier molecular flexibility index (Phi) is 6.94. The minimum atomic E-state index is -0.157. The first-order valence-electron chi connectivity index (χ1n) is 18.5. The minimum Gasteiger partial charge on any atom is -0.106 e. The van der Waals surface area contributed by atoms with Crippen LogP contribution in [0.3, 0.4) is 0 Å². The molecular weight excluding hydrogens is 637 g/mol. The van der Waals surface area contributed by atoms with Gasteiger partial charge in [0, 0.05) is 5.41 Å². The van der Waals surface area contributed by atoms with Crippen molar-refractivity contribution < 1.29 is 0 Å². The van der Waals surface area contributed by atoms with Crippen LogP contribution in [0.25, 0.3) is 98.4 Å². The van der Waals surface area contributed by atoms with Gasteiger partial charge in [-0.1, -0.05) is 172 Å². The molecule has 10 aromatic rings. The molecule has 0 heterocycles. The standard InChI is InChI=1S/C51H34.C2H4/c1-51(2)45-29-35(37-25-21-34-20-19-32-13-10-14-33-22-28-44(37)50(34)47(32)33)23-26-38(45)39-27-24-36(30-46(39)51)49-42-17-8-6-15-40(42)48(31-11-4-3-5-12-31)41-16-7-9-18-43(41)49;1-2/h3-30H,1-2H3;1-2H2. The summed E-state index contributed by atoms with van der Waals surface area (Å²) in [6.07, 6.45) is 0. The fraction of sp³-hybridized carbons (Fsp3) is 0.0566. The van der Waals surface area contributed by atoms with Gasteiger partial charge >= 0.3 is 0 Å². The Balaban J connectivity index is 0.00000172. The topological polar surface area (TPSA) is 0 Å². The van der Waals surface area contributed by atoms with E-state index in [1.807, 2.05) is 0 Å². The van der Waals surface area contributed by atoms with Crippen LogP contribution >= 0.6 is 0 Å². The Morgan fingerprint density at radius 2 is 0.792 bits per heavy atom. The first kappa shape index (κ1) is 31.3. The molecule has 1 aliphatic carbocycles. The highest BCUT2D eigenvalue weighted by Crippen LogP contribution is 2.52. The molecule has 0 radical (unpaired) electrons. The van der Waals surface area contributed by atoms with Crippen molar-refractivity contribution in [3.63, 3.8) is 0 Å². The lowest BCUT2D eigenvalue weighted by atomic mass is 9.79. The zero-order valence-corrected chi connectivity index (χ0v) is 30.1. The SMILES string of the molecule is C=C.CC1(C)c2cc(-c3c4ccccc4c(-c4ccccc4)c4ccccc34)ccc2-c2ccc(-c3ccc4ccc5cccc6ccc3c4c56)cc21. The molecule has 0 spiro atoms. The van der Waals surface area contributed by atoms with Crippen LogP contribution in [-0.4, -0.2) is 0 Å². The predicted molar refractivity (Wildman–Crippen MR) is 230 cm³/mol. The van der Waals surface area contributed by atoms with Gasteiger partial charge in [0.05, 0.1) is 0 Å². The van der Waals surface area contributed by atoms with E-state index >= 15 is 0 Å². The maximum absolute atomic E-state index is 3.00. The van der Waals surface area contributed by atoms with Gasteiger partial charge in [0.1, 0.15) is 0 Å². The number of hydrogen-bond acceptors (Lipinski definition) is 0. The van der Waals surface area contributed by atoms with E-state index in [-0.39, 0.29) is 5.41 Å². The highest BCUT2D eigenvalue weighted by Gasteiger charge is 2.36. The van der Waals surface area contributed by atoms with Crippen molar-refractivity contribution in [2.75, 3.05) is 0 Å². The van der Waals surface area contributed by atoms with Crippen LogP contribution < -0.4 is 0 Å². The molecule has 0 amide bonds. The van der Waals surface area contributed by atoms with Crippen LogP contribution in [0.4, 0.5) is 0 Å². The van der Waals surface area contributed by atoms with Crippen molar-refractivity contribution in [2.45, 2.75) is 19.3 Å². The monoisotopic (exact) mass is 674 g/mol. The minimum absolute atomic E-state index is 0.157. The normalized spacial score (nSPS) is 13.0. The van der Waals surface area contributed by atoms with Gasteiger partial charge in [0.25, 0.3) is 0 Å². The van der Waals surface area contributed by atoms with Gasteiger partial charge in [0.15, 0.2) is 0 Å². The second kappa shape index (κ2) is 11.8. The van der Waals surface area contributed by atoms with Crippen LogP contribution in [-0.2, 0) is 5.41 Å². The van der Waals surface area contributed by atoms with Gasteiger partial charge in [-0.25, -0.2) is 0 Å². The van der Waals surface area contributed by atoms with Gasteiger partial charge in [-0.05, 0) is 122 Å². The van der Waals surface area contributed by atoms with Crippen molar-refractivity contribution in [3.05, 3.63) is 194 Å². The lowest BCUT2D eigenvalue weighted by Crippen LogP contribution is -2.15. The fourth-order valence-corrected chi connectivity index (χ4v) is 9.40. The number of benzene rings is 10. The third-order valence-electron chi connectivity index (χ3n) is 11.8. The zero-order valence-electron chi connectivity index (χ0n) is 30.1. The Morgan fingerprint density at radius 3 is 1.40 bits per heavy atom. The summed E-state index contributed by atoms with van der Waals surface area (Å²) in [5.74, 6) is 0. The lowest BCUT2D eigenvalue weighted by Gasteiger charge is -2.23. The smallest absolute Gasteiger partial charge is 0.0159 e. The summed E-state index contributed by atoms with van der Waals surface area (Å²) >= 11 is 0. The van der Waals surface area contributed by atoms with E-state index in [0.29, 0.717) is 0 Å². The maximum Gasteiger partial charge on any atom is 0.0159 e. The molecular formula is C53H38. The summed E-state index contributed by atoms with van der Waals surface area (Å²) in [6.45, 7) is 10.8. The summed E-state index contributed by atoms with van der Waals surface area (Å²) in [5.41, 5.74) is 13.0. The Labute approximate surface area is 310 Å². The van der Waals surface area contributed by atoms with E-state index in [4.69, 9.17) is 0 Å². The van der Waals surface area contributed by atoms with E-state index < -0.39 is 0 Å². The molecule has 0 fully saturated rings. The maximum atomic E-state index is 3.00. The molecule has 11 rings (SSSR count). The van der Waals surface area contributed by atoms with Crippen LogP contribution in [0.5, 0.6) is 0 Å². The summed E-state index contributed by atoms with van der Waals surface area (Å²) in [6, 6.07) is 63.6. The number of fused-ring (bicyclic) bond motifs is 5. The van der Waals surface area contributed by atoms with Crippen LogP contribution in [0, 0.1) is 0 Å². The molecule has 0 unspecified atom stereocenters. The average molecular weight is 675 g/mol. The molecule has 1 aliphatic rings. The second-order valence-corrected chi connectivity index (χ2v) is 14.8. The van der Waals surface area contributed by atoms with Gasteiger partial charge in [0.2, 0.25) is 0 Å². The van der Waals surface area contributed by atoms with Gasteiger partial charge < -0.3 is 0 Å². The van der Waals surface area contributed by atoms with E-state index in [2.05, 4.69) is 197 Å². The molecule has 0 N–H and O–H groups in total.